The van der Waals surface area contributed by atoms with Crippen LogP contribution >= 0.6 is 0 Å². The van der Waals surface area contributed by atoms with E-state index in [1.807, 2.05) is 0 Å². The molecule has 0 radical (unpaired) electrons. The molecular formula is C70H78BN3. The second kappa shape index (κ2) is 16.0. The van der Waals surface area contributed by atoms with Crippen LogP contribution in [0.5, 0.6) is 0 Å². The Bertz CT molecular complexity index is 3470. The summed E-state index contributed by atoms with van der Waals surface area (Å²) in [6, 6.07) is 51.7. The number of hydrogen-bond donors (Lipinski definition) is 0. The van der Waals surface area contributed by atoms with Gasteiger partial charge in [-0.05, 0) is 201 Å². The molecule has 4 heteroatoms. The summed E-state index contributed by atoms with van der Waals surface area (Å²) in [6.07, 6.45) is 10.6. The van der Waals surface area contributed by atoms with Crippen LogP contribution in [0.1, 0.15) is 160 Å². The summed E-state index contributed by atoms with van der Waals surface area (Å²) in [6.45, 7) is 31.6. The van der Waals surface area contributed by atoms with E-state index in [0.717, 1.165) is 32.1 Å². The number of rotatable bonds is 4. The van der Waals surface area contributed by atoms with Gasteiger partial charge >= 0.3 is 0 Å². The van der Waals surface area contributed by atoms with Gasteiger partial charge in [0.15, 0.2) is 0 Å². The first-order valence-electron chi connectivity index (χ1n) is 28.3. The van der Waals surface area contributed by atoms with Crippen molar-refractivity contribution < 1.29 is 0 Å². The van der Waals surface area contributed by atoms with Crippen molar-refractivity contribution in [3.8, 4) is 11.1 Å². The van der Waals surface area contributed by atoms with Gasteiger partial charge in [0.1, 0.15) is 0 Å². The highest BCUT2D eigenvalue weighted by Gasteiger charge is 2.57. The molecule has 0 bridgehead atoms. The van der Waals surface area contributed by atoms with Crippen LogP contribution in [0, 0.1) is 17.8 Å². The number of nitrogens with zero attached hydrogens (tertiary/aromatic N) is 3. The average Bonchev–Trinajstić information content (AvgIpc) is 3.85. The Morgan fingerprint density at radius 1 is 0.459 bits per heavy atom. The van der Waals surface area contributed by atoms with Gasteiger partial charge in [-0.3, -0.25) is 0 Å². The van der Waals surface area contributed by atoms with Crippen LogP contribution in [0.2, 0.25) is 0 Å². The molecule has 3 aliphatic carbocycles. The summed E-state index contributed by atoms with van der Waals surface area (Å²) in [5.74, 6) is 0. The van der Waals surface area contributed by atoms with Gasteiger partial charge in [-0.15, -0.1) is 0 Å². The molecule has 7 aromatic carbocycles. The fourth-order valence-corrected chi connectivity index (χ4v) is 15.4. The highest BCUT2D eigenvalue weighted by atomic mass is 15.3. The first-order chi connectivity index (χ1) is 35.0. The van der Waals surface area contributed by atoms with Crippen molar-refractivity contribution in [2.75, 3.05) is 14.7 Å². The molecule has 6 aliphatic rings. The zero-order chi connectivity index (χ0) is 51.6. The summed E-state index contributed by atoms with van der Waals surface area (Å²) in [4.78, 5) is 8.24. The van der Waals surface area contributed by atoms with Crippen LogP contribution in [0.3, 0.4) is 0 Å². The molecule has 13 rings (SSSR count). The van der Waals surface area contributed by atoms with Crippen LogP contribution in [0.15, 0.2) is 127 Å². The molecule has 0 amide bonds. The number of anilines is 8. The molecule has 1 saturated carbocycles. The Morgan fingerprint density at radius 2 is 1.05 bits per heavy atom. The summed E-state index contributed by atoms with van der Waals surface area (Å²) >= 11 is 0. The Morgan fingerprint density at radius 3 is 1.76 bits per heavy atom. The Labute approximate surface area is 444 Å². The predicted octanol–water partition coefficient (Wildman–Crippen LogP) is 16.7. The third-order valence-corrected chi connectivity index (χ3v) is 19.3. The molecule has 1 fully saturated rings. The zero-order valence-electron chi connectivity index (χ0n) is 46.9. The fourth-order valence-electron chi connectivity index (χ4n) is 15.4. The number of aryl methyl sites for hydroxylation is 1. The first kappa shape index (κ1) is 47.7. The molecule has 0 N–H and O–H groups in total. The van der Waals surface area contributed by atoms with Gasteiger partial charge in [-0.2, -0.15) is 0 Å². The van der Waals surface area contributed by atoms with Crippen molar-refractivity contribution in [3.63, 3.8) is 0 Å². The van der Waals surface area contributed by atoms with E-state index < -0.39 is 0 Å². The molecule has 0 spiro atoms. The maximum absolute atomic E-state index is 2.83. The lowest BCUT2D eigenvalue weighted by molar-refractivity contribution is 0.261. The average molecular weight is 972 g/mol. The quantitative estimate of drug-likeness (QED) is 0.163. The van der Waals surface area contributed by atoms with Crippen molar-refractivity contribution in [2.24, 2.45) is 10.8 Å². The third kappa shape index (κ3) is 7.19. The van der Waals surface area contributed by atoms with Crippen molar-refractivity contribution in [2.45, 2.75) is 170 Å². The monoisotopic (exact) mass is 972 g/mol. The third-order valence-electron chi connectivity index (χ3n) is 19.3. The van der Waals surface area contributed by atoms with Crippen molar-refractivity contribution in [1.29, 1.82) is 0 Å². The van der Waals surface area contributed by atoms with Crippen LogP contribution in [0.4, 0.5) is 45.5 Å². The highest BCUT2D eigenvalue weighted by Crippen LogP contribution is 2.61. The van der Waals surface area contributed by atoms with Crippen LogP contribution in [0.25, 0.3) is 11.1 Å². The zero-order valence-corrected chi connectivity index (χ0v) is 46.9. The highest BCUT2D eigenvalue weighted by molar-refractivity contribution is 7.00. The molecule has 2 unspecified atom stereocenters. The van der Waals surface area contributed by atoms with Gasteiger partial charge in [-0.25, -0.2) is 0 Å². The number of fused-ring (bicyclic) bond motifs is 9. The van der Waals surface area contributed by atoms with E-state index >= 15 is 0 Å². The number of hydrogen-bond acceptors (Lipinski definition) is 3. The summed E-state index contributed by atoms with van der Waals surface area (Å²) in [5, 5.41) is 0. The first-order valence-corrected chi connectivity index (χ1v) is 28.3. The summed E-state index contributed by atoms with van der Waals surface area (Å²) in [5.41, 5.74) is 29.2. The SMILES string of the molecule is Cc1cc2c3c(c1)N(c1ccc(C(C)(C)C)cc1-c1ccccc1)c1cc(N4c5ccc(C(C)(C)C)cc5C5(C)CCCCCC45C)ccc1B3c1cc3c(cc1N2c1ccc2c(c1)CC(C)(C)C2)CC(C)(C)C3. The second-order valence-electron chi connectivity index (χ2n) is 28.1. The largest absolute Gasteiger partial charge is 0.334 e. The van der Waals surface area contributed by atoms with Crippen molar-refractivity contribution in [3.05, 3.63) is 172 Å². The number of benzene rings is 7. The van der Waals surface area contributed by atoms with Crippen LogP contribution < -0.4 is 31.1 Å². The molecule has 3 heterocycles. The van der Waals surface area contributed by atoms with Gasteiger partial charge in [-0.1, -0.05) is 162 Å². The molecule has 0 aromatic heterocycles. The van der Waals surface area contributed by atoms with Crippen molar-refractivity contribution >= 4 is 68.6 Å². The van der Waals surface area contributed by atoms with E-state index in [-0.39, 0.29) is 39.3 Å². The van der Waals surface area contributed by atoms with Gasteiger partial charge in [0.2, 0.25) is 0 Å². The minimum Gasteiger partial charge on any atom is -0.334 e. The minimum atomic E-state index is -0.0995. The van der Waals surface area contributed by atoms with E-state index in [9.17, 15) is 0 Å². The normalized spacial score (nSPS) is 21.9. The molecule has 74 heavy (non-hydrogen) atoms. The topological polar surface area (TPSA) is 9.72 Å². The van der Waals surface area contributed by atoms with Crippen molar-refractivity contribution in [1.82, 2.24) is 0 Å². The molecule has 3 nitrogen and oxygen atoms in total. The Hall–Kier alpha value is -6.00. The minimum absolute atomic E-state index is 0.00476. The van der Waals surface area contributed by atoms with Gasteiger partial charge in [0, 0.05) is 50.8 Å². The van der Waals surface area contributed by atoms with Crippen LogP contribution in [-0.2, 0) is 41.9 Å². The summed E-state index contributed by atoms with van der Waals surface area (Å²) < 4.78 is 0. The lowest BCUT2D eigenvalue weighted by Crippen LogP contribution is -2.61. The standard InChI is InChI=1S/C70H78BN3/c1-44-32-62-64-63(33-44)73(58-28-23-50(65(2,3)4)37-54(58)45-20-16-14-17-21-45)61-39-53(74-59-29-24-51(66(5,6)7)38-55(59)69(12)30-18-15-19-31-70(69,74)13)26-27-56(61)71(64)57-35-48-42-68(10,11)43-49(48)36-60(57)72(62)52-25-22-46-40-67(8,9)41-47(46)34-52/h14,16-17,20-29,32-39H,15,18-19,30-31,40-43H2,1-13H3. The van der Waals surface area contributed by atoms with Gasteiger partial charge in [0.25, 0.3) is 6.71 Å². The van der Waals surface area contributed by atoms with Crippen LogP contribution in [-0.4, -0.2) is 12.3 Å². The van der Waals surface area contributed by atoms with Gasteiger partial charge < -0.3 is 14.7 Å². The summed E-state index contributed by atoms with van der Waals surface area (Å²) in [7, 11) is 0. The van der Waals surface area contributed by atoms with E-state index in [2.05, 4.69) is 232 Å². The maximum Gasteiger partial charge on any atom is 0.252 e. The molecule has 0 saturated heterocycles. The van der Waals surface area contributed by atoms with E-state index in [0.29, 0.717) is 0 Å². The Balaban J connectivity index is 1.11. The lowest BCUT2D eigenvalue weighted by Gasteiger charge is -2.48. The van der Waals surface area contributed by atoms with Gasteiger partial charge in [0.05, 0.1) is 11.2 Å². The van der Waals surface area contributed by atoms with E-state index in [1.54, 1.807) is 0 Å². The molecule has 2 atom stereocenters. The molecule has 7 aromatic rings. The lowest BCUT2D eigenvalue weighted by atomic mass is 9.33. The Kier molecular flexibility index (Phi) is 10.3. The van der Waals surface area contributed by atoms with E-state index in [4.69, 9.17) is 0 Å². The predicted molar refractivity (Wildman–Crippen MR) is 318 cm³/mol. The second-order valence-corrected chi connectivity index (χ2v) is 28.1. The smallest absolute Gasteiger partial charge is 0.252 e. The fraction of sp³-hybridized carbons (Fsp3) is 0.400. The van der Waals surface area contributed by atoms with E-state index in [1.165, 1.54) is 143 Å². The maximum atomic E-state index is 2.83. The molecular weight excluding hydrogens is 894 g/mol. The molecule has 376 valence electrons. The molecule has 3 aliphatic heterocycles.